The Balaban J connectivity index is 1.67. The first-order valence-electron chi connectivity index (χ1n) is 7.78. The molecule has 1 saturated heterocycles. The van der Waals surface area contributed by atoms with Gasteiger partial charge >= 0.3 is 0 Å². The minimum absolute atomic E-state index is 0.527. The second-order valence-corrected chi connectivity index (χ2v) is 6.96. The van der Waals surface area contributed by atoms with Crippen molar-refractivity contribution in [2.24, 2.45) is 0 Å². The third kappa shape index (κ3) is 3.50. The molecule has 3 nitrogen and oxygen atoms in total. The highest BCUT2D eigenvalue weighted by atomic mass is 79.9. The number of nitrogens with zero attached hydrogens (tertiary/aromatic N) is 3. The van der Waals surface area contributed by atoms with Gasteiger partial charge in [-0.3, -0.25) is 4.90 Å². The number of hydrogen-bond acceptors (Lipinski definition) is 3. The quantitative estimate of drug-likeness (QED) is 0.829. The topological polar surface area (TPSA) is 19.4 Å². The lowest BCUT2D eigenvalue weighted by Gasteiger charge is -2.41. The first kappa shape index (κ1) is 15.5. The number of rotatable bonds is 3. The summed E-state index contributed by atoms with van der Waals surface area (Å²) in [6, 6.07) is 13.4. The summed E-state index contributed by atoms with van der Waals surface area (Å²) in [5.74, 6) is 1.12. The average Bonchev–Trinajstić information content (AvgIpc) is 2.50. The van der Waals surface area contributed by atoms with Crippen LogP contribution >= 0.6 is 15.9 Å². The van der Waals surface area contributed by atoms with E-state index in [1.54, 1.807) is 0 Å². The minimum atomic E-state index is 0.527. The minimum Gasteiger partial charge on any atom is -0.354 e. The lowest BCUT2D eigenvalue weighted by atomic mass is 10.1. The molecule has 2 aromatic rings. The van der Waals surface area contributed by atoms with Gasteiger partial charge in [0.2, 0.25) is 0 Å². The monoisotopic (exact) mass is 359 g/mol. The van der Waals surface area contributed by atoms with Crippen molar-refractivity contribution in [2.75, 3.05) is 24.5 Å². The summed E-state index contributed by atoms with van der Waals surface area (Å²) in [5.41, 5.74) is 2.62. The molecule has 3 rings (SSSR count). The number of piperazine rings is 1. The Kier molecular flexibility index (Phi) is 4.79. The van der Waals surface area contributed by atoms with Crippen molar-refractivity contribution in [1.82, 2.24) is 9.88 Å². The van der Waals surface area contributed by atoms with Crippen LogP contribution in [0.3, 0.4) is 0 Å². The molecule has 1 aliphatic rings. The predicted molar refractivity (Wildman–Crippen MR) is 95.2 cm³/mol. The highest BCUT2D eigenvalue weighted by Crippen LogP contribution is 2.24. The molecule has 0 N–H and O–H groups in total. The van der Waals surface area contributed by atoms with Crippen LogP contribution in [-0.2, 0) is 6.54 Å². The molecule has 1 atom stereocenters. The number of aromatic nitrogens is 1. The van der Waals surface area contributed by atoms with Crippen LogP contribution in [0.1, 0.15) is 18.1 Å². The van der Waals surface area contributed by atoms with Crippen LogP contribution in [0.4, 0.5) is 5.82 Å². The van der Waals surface area contributed by atoms with Crippen LogP contribution < -0.4 is 4.90 Å². The van der Waals surface area contributed by atoms with Crippen LogP contribution in [0.2, 0.25) is 0 Å². The molecule has 0 spiro atoms. The Morgan fingerprint density at radius 3 is 2.68 bits per heavy atom. The van der Waals surface area contributed by atoms with Crippen molar-refractivity contribution >= 4 is 21.7 Å². The fraction of sp³-hybridized carbons (Fsp3) is 0.389. The van der Waals surface area contributed by atoms with E-state index < -0.39 is 0 Å². The van der Waals surface area contributed by atoms with Gasteiger partial charge < -0.3 is 4.90 Å². The number of aryl methyl sites for hydroxylation is 1. The van der Waals surface area contributed by atoms with Gasteiger partial charge in [-0.05, 0) is 47.0 Å². The van der Waals surface area contributed by atoms with Crippen molar-refractivity contribution in [3.8, 4) is 0 Å². The second-order valence-electron chi connectivity index (χ2n) is 6.05. The molecule has 1 aromatic carbocycles. The molecule has 1 unspecified atom stereocenters. The Bertz CT molecular complexity index is 629. The number of pyridine rings is 1. The molecule has 1 aliphatic heterocycles. The molecular formula is C18H22BrN3. The third-order valence-corrected chi connectivity index (χ3v) is 4.74. The van der Waals surface area contributed by atoms with E-state index in [0.29, 0.717) is 6.04 Å². The van der Waals surface area contributed by atoms with Crippen LogP contribution in [-0.4, -0.2) is 35.6 Å². The molecule has 116 valence electrons. The van der Waals surface area contributed by atoms with Gasteiger partial charge in [0.1, 0.15) is 5.82 Å². The summed E-state index contributed by atoms with van der Waals surface area (Å²) >= 11 is 3.49. The van der Waals surface area contributed by atoms with Crippen molar-refractivity contribution < 1.29 is 0 Å². The van der Waals surface area contributed by atoms with Gasteiger partial charge in [-0.25, -0.2) is 4.98 Å². The van der Waals surface area contributed by atoms with E-state index in [-0.39, 0.29) is 0 Å². The van der Waals surface area contributed by atoms with E-state index in [2.05, 4.69) is 81.0 Å². The summed E-state index contributed by atoms with van der Waals surface area (Å²) < 4.78 is 1.05. The fourth-order valence-electron chi connectivity index (χ4n) is 3.10. The highest BCUT2D eigenvalue weighted by molar-refractivity contribution is 9.10. The Morgan fingerprint density at radius 1 is 1.23 bits per heavy atom. The first-order valence-corrected chi connectivity index (χ1v) is 8.58. The zero-order chi connectivity index (χ0) is 15.5. The summed E-state index contributed by atoms with van der Waals surface area (Å²) in [6.07, 6.45) is 1.89. The lowest BCUT2D eigenvalue weighted by Crippen LogP contribution is -2.51. The summed E-state index contributed by atoms with van der Waals surface area (Å²) in [6.45, 7) is 8.61. The molecular weight excluding hydrogens is 338 g/mol. The molecule has 0 aliphatic carbocycles. The van der Waals surface area contributed by atoms with Gasteiger partial charge in [0.25, 0.3) is 0 Å². The second kappa shape index (κ2) is 6.80. The van der Waals surface area contributed by atoms with E-state index in [9.17, 15) is 0 Å². The summed E-state index contributed by atoms with van der Waals surface area (Å²) in [5, 5.41) is 0. The SMILES string of the molecule is Cc1cc(Br)cnc1N1CCN(Cc2ccccc2)C(C)C1. The van der Waals surface area contributed by atoms with Gasteiger partial charge in [-0.2, -0.15) is 0 Å². The van der Waals surface area contributed by atoms with E-state index in [1.807, 2.05) is 6.20 Å². The molecule has 1 fully saturated rings. The molecule has 0 bridgehead atoms. The van der Waals surface area contributed by atoms with Crippen molar-refractivity contribution in [1.29, 1.82) is 0 Å². The van der Waals surface area contributed by atoms with Crippen molar-refractivity contribution in [3.05, 3.63) is 58.2 Å². The molecule has 0 amide bonds. The smallest absolute Gasteiger partial charge is 0.131 e. The van der Waals surface area contributed by atoms with Gasteiger partial charge in [0, 0.05) is 42.9 Å². The van der Waals surface area contributed by atoms with Crippen LogP contribution in [0.25, 0.3) is 0 Å². The number of anilines is 1. The van der Waals surface area contributed by atoms with E-state index in [0.717, 1.165) is 36.5 Å². The van der Waals surface area contributed by atoms with Gasteiger partial charge in [-0.1, -0.05) is 30.3 Å². The van der Waals surface area contributed by atoms with Crippen LogP contribution in [0, 0.1) is 6.92 Å². The normalized spacial score (nSPS) is 19.4. The van der Waals surface area contributed by atoms with E-state index in [1.165, 1.54) is 11.1 Å². The standard InChI is InChI=1S/C18H22BrN3/c1-14-10-17(19)11-20-18(14)22-9-8-21(15(2)12-22)13-16-6-4-3-5-7-16/h3-7,10-11,15H,8-9,12-13H2,1-2H3. The molecule has 4 heteroatoms. The summed E-state index contributed by atoms with van der Waals surface area (Å²) in [7, 11) is 0. The van der Waals surface area contributed by atoms with Gasteiger partial charge in [0.15, 0.2) is 0 Å². The maximum atomic E-state index is 4.61. The average molecular weight is 360 g/mol. The third-order valence-electron chi connectivity index (χ3n) is 4.31. The molecule has 1 aromatic heterocycles. The van der Waals surface area contributed by atoms with Crippen molar-refractivity contribution in [2.45, 2.75) is 26.4 Å². The van der Waals surface area contributed by atoms with Crippen LogP contribution in [0.5, 0.6) is 0 Å². The van der Waals surface area contributed by atoms with Crippen molar-refractivity contribution in [3.63, 3.8) is 0 Å². The number of benzene rings is 1. The molecule has 22 heavy (non-hydrogen) atoms. The zero-order valence-electron chi connectivity index (χ0n) is 13.2. The molecule has 0 radical (unpaired) electrons. The molecule has 2 heterocycles. The Labute approximate surface area is 141 Å². The van der Waals surface area contributed by atoms with Gasteiger partial charge in [-0.15, -0.1) is 0 Å². The molecule has 0 saturated carbocycles. The van der Waals surface area contributed by atoms with E-state index >= 15 is 0 Å². The zero-order valence-corrected chi connectivity index (χ0v) is 14.8. The first-order chi connectivity index (χ1) is 10.6. The number of hydrogen-bond donors (Lipinski definition) is 0. The van der Waals surface area contributed by atoms with E-state index in [4.69, 9.17) is 0 Å². The van der Waals surface area contributed by atoms with Gasteiger partial charge in [0.05, 0.1) is 0 Å². The summed E-state index contributed by atoms with van der Waals surface area (Å²) in [4.78, 5) is 9.57. The Morgan fingerprint density at radius 2 is 2.00 bits per heavy atom. The maximum absolute atomic E-state index is 4.61. The largest absolute Gasteiger partial charge is 0.354 e. The maximum Gasteiger partial charge on any atom is 0.131 e. The lowest BCUT2D eigenvalue weighted by molar-refractivity contribution is 0.180. The fourth-order valence-corrected chi connectivity index (χ4v) is 3.55. The van der Waals surface area contributed by atoms with Crippen LogP contribution in [0.15, 0.2) is 47.1 Å². The number of halogens is 1. The predicted octanol–water partition coefficient (Wildman–Crippen LogP) is 3.86. The highest BCUT2D eigenvalue weighted by Gasteiger charge is 2.25. The Hall–Kier alpha value is -1.39.